The standard InChI is InChI=1S/C25H28F2N4O2/c1-17(29-11-13-30(14-12-29)18(2)32)24(33)31-25(3,19-7-5-4-6-8-19)16-23(28-31)21-15-20(26)9-10-22(21)27/h4-10,15,17H,11-14,16H2,1-3H3. The van der Waals surface area contributed by atoms with Gasteiger partial charge in [-0.25, -0.2) is 13.8 Å². The second kappa shape index (κ2) is 9.02. The molecular formula is C25H28F2N4O2. The average molecular weight is 455 g/mol. The summed E-state index contributed by atoms with van der Waals surface area (Å²) in [5.41, 5.74) is 0.417. The normalized spacial score (nSPS) is 22.3. The summed E-state index contributed by atoms with van der Waals surface area (Å²) in [4.78, 5) is 29.1. The zero-order valence-electron chi connectivity index (χ0n) is 19.1. The van der Waals surface area contributed by atoms with Crippen molar-refractivity contribution in [3.05, 3.63) is 71.3 Å². The average Bonchev–Trinajstić information content (AvgIpc) is 3.18. The molecule has 2 aliphatic heterocycles. The first-order valence-electron chi connectivity index (χ1n) is 11.1. The quantitative estimate of drug-likeness (QED) is 0.712. The van der Waals surface area contributed by atoms with Crippen LogP contribution in [-0.4, -0.2) is 64.6 Å². The molecule has 2 aliphatic rings. The smallest absolute Gasteiger partial charge is 0.260 e. The lowest BCUT2D eigenvalue weighted by Crippen LogP contribution is -2.56. The molecule has 2 aromatic rings. The molecule has 0 saturated carbocycles. The number of hydrazone groups is 1. The van der Waals surface area contributed by atoms with Gasteiger partial charge in [-0.15, -0.1) is 0 Å². The first-order chi connectivity index (χ1) is 15.7. The molecule has 6 nitrogen and oxygen atoms in total. The Hall–Kier alpha value is -3.13. The molecule has 174 valence electrons. The maximum atomic E-state index is 14.6. The topological polar surface area (TPSA) is 56.2 Å². The van der Waals surface area contributed by atoms with Gasteiger partial charge in [-0.2, -0.15) is 5.10 Å². The third-order valence-electron chi connectivity index (χ3n) is 6.71. The molecule has 2 atom stereocenters. The number of amides is 2. The third kappa shape index (κ3) is 4.39. The number of carbonyl (C=O) groups is 2. The molecule has 0 spiro atoms. The second-order valence-corrected chi connectivity index (χ2v) is 8.86. The van der Waals surface area contributed by atoms with Crippen molar-refractivity contribution in [2.45, 2.75) is 38.8 Å². The van der Waals surface area contributed by atoms with E-state index in [2.05, 4.69) is 5.10 Å². The van der Waals surface area contributed by atoms with Gasteiger partial charge in [0.25, 0.3) is 5.91 Å². The summed E-state index contributed by atoms with van der Waals surface area (Å²) in [6, 6.07) is 12.3. The zero-order chi connectivity index (χ0) is 23.8. The molecule has 8 heteroatoms. The lowest BCUT2D eigenvalue weighted by atomic mass is 9.85. The highest BCUT2D eigenvalue weighted by molar-refractivity contribution is 6.04. The molecule has 0 N–H and O–H groups in total. The van der Waals surface area contributed by atoms with Crippen molar-refractivity contribution in [1.29, 1.82) is 0 Å². The third-order valence-corrected chi connectivity index (χ3v) is 6.71. The molecule has 2 amide bonds. The van der Waals surface area contributed by atoms with Gasteiger partial charge in [-0.05, 0) is 37.6 Å². The number of carbonyl (C=O) groups excluding carboxylic acids is 2. The molecule has 2 heterocycles. The molecule has 0 bridgehead atoms. The van der Waals surface area contributed by atoms with Crippen molar-refractivity contribution in [2.24, 2.45) is 5.10 Å². The Balaban J connectivity index is 1.66. The monoisotopic (exact) mass is 454 g/mol. The Labute approximate surface area is 192 Å². The van der Waals surface area contributed by atoms with Crippen molar-refractivity contribution in [3.63, 3.8) is 0 Å². The van der Waals surface area contributed by atoms with E-state index in [1.54, 1.807) is 11.8 Å². The summed E-state index contributed by atoms with van der Waals surface area (Å²) >= 11 is 0. The number of hydrogen-bond acceptors (Lipinski definition) is 4. The summed E-state index contributed by atoms with van der Waals surface area (Å²) < 4.78 is 28.5. The van der Waals surface area contributed by atoms with Gasteiger partial charge in [0, 0.05) is 45.1 Å². The Bertz CT molecular complexity index is 1080. The van der Waals surface area contributed by atoms with E-state index in [1.807, 2.05) is 49.1 Å². The van der Waals surface area contributed by atoms with Crippen LogP contribution in [0.15, 0.2) is 53.6 Å². The molecule has 33 heavy (non-hydrogen) atoms. The largest absolute Gasteiger partial charge is 0.340 e. The molecule has 0 radical (unpaired) electrons. The van der Waals surface area contributed by atoms with E-state index in [-0.39, 0.29) is 23.8 Å². The summed E-state index contributed by atoms with van der Waals surface area (Å²) in [5, 5.41) is 5.99. The van der Waals surface area contributed by atoms with Gasteiger partial charge in [0.05, 0.1) is 17.3 Å². The fraction of sp³-hybridized carbons (Fsp3) is 0.400. The molecule has 1 fully saturated rings. The molecule has 2 aromatic carbocycles. The first-order valence-corrected chi connectivity index (χ1v) is 11.1. The van der Waals surface area contributed by atoms with Crippen LogP contribution in [-0.2, 0) is 15.1 Å². The van der Waals surface area contributed by atoms with Crippen molar-refractivity contribution >= 4 is 17.5 Å². The summed E-state index contributed by atoms with van der Waals surface area (Å²) in [6.07, 6.45) is 0.258. The van der Waals surface area contributed by atoms with E-state index in [4.69, 9.17) is 0 Å². The number of halogens is 2. The minimum absolute atomic E-state index is 0.0242. The lowest BCUT2D eigenvalue weighted by molar-refractivity contribution is -0.143. The number of rotatable bonds is 4. The van der Waals surface area contributed by atoms with Gasteiger partial charge in [0.2, 0.25) is 5.91 Å². The number of benzene rings is 2. The summed E-state index contributed by atoms with van der Waals surface area (Å²) in [7, 11) is 0. The van der Waals surface area contributed by atoms with E-state index < -0.39 is 23.2 Å². The fourth-order valence-electron chi connectivity index (χ4n) is 4.61. The van der Waals surface area contributed by atoms with Gasteiger partial charge in [0.15, 0.2) is 0 Å². The maximum absolute atomic E-state index is 14.6. The van der Waals surface area contributed by atoms with Gasteiger partial charge in [0.1, 0.15) is 11.6 Å². The van der Waals surface area contributed by atoms with Crippen LogP contribution in [0.2, 0.25) is 0 Å². The number of hydrogen-bond donors (Lipinski definition) is 0. The number of nitrogens with zero attached hydrogens (tertiary/aromatic N) is 4. The van der Waals surface area contributed by atoms with Gasteiger partial charge < -0.3 is 4.90 Å². The Morgan fingerprint density at radius 1 is 1.03 bits per heavy atom. The Morgan fingerprint density at radius 3 is 2.33 bits per heavy atom. The van der Waals surface area contributed by atoms with Crippen molar-refractivity contribution in [3.8, 4) is 0 Å². The molecule has 0 aromatic heterocycles. The molecule has 4 rings (SSSR count). The minimum atomic E-state index is -0.845. The van der Waals surface area contributed by atoms with Crippen molar-refractivity contribution < 1.29 is 18.4 Å². The molecule has 0 aliphatic carbocycles. The summed E-state index contributed by atoms with van der Waals surface area (Å²) in [6.45, 7) is 7.55. The Kier molecular flexibility index (Phi) is 6.30. The van der Waals surface area contributed by atoms with E-state index in [9.17, 15) is 18.4 Å². The fourth-order valence-corrected chi connectivity index (χ4v) is 4.61. The van der Waals surface area contributed by atoms with Crippen LogP contribution in [0.25, 0.3) is 0 Å². The van der Waals surface area contributed by atoms with Gasteiger partial charge in [-0.3, -0.25) is 14.5 Å². The molecular weight excluding hydrogens is 426 g/mol. The summed E-state index contributed by atoms with van der Waals surface area (Å²) in [5.74, 6) is -1.33. The van der Waals surface area contributed by atoms with Crippen LogP contribution in [0.3, 0.4) is 0 Å². The van der Waals surface area contributed by atoms with Gasteiger partial charge >= 0.3 is 0 Å². The van der Waals surface area contributed by atoms with Crippen LogP contribution in [0.1, 0.15) is 38.3 Å². The predicted molar refractivity (Wildman–Crippen MR) is 121 cm³/mol. The SMILES string of the molecule is CC(=O)N1CCN(C(C)C(=O)N2N=C(c3cc(F)ccc3F)CC2(C)c2ccccc2)CC1. The molecule has 2 unspecified atom stereocenters. The van der Waals surface area contributed by atoms with E-state index in [0.29, 0.717) is 31.9 Å². The molecule has 1 saturated heterocycles. The van der Waals surface area contributed by atoms with Crippen LogP contribution >= 0.6 is 0 Å². The van der Waals surface area contributed by atoms with Crippen molar-refractivity contribution in [2.75, 3.05) is 26.2 Å². The second-order valence-electron chi connectivity index (χ2n) is 8.86. The minimum Gasteiger partial charge on any atom is -0.340 e. The highest BCUT2D eigenvalue weighted by Crippen LogP contribution is 2.40. The van der Waals surface area contributed by atoms with Gasteiger partial charge in [-0.1, -0.05) is 30.3 Å². The van der Waals surface area contributed by atoms with Crippen LogP contribution < -0.4 is 0 Å². The highest BCUT2D eigenvalue weighted by atomic mass is 19.1. The highest BCUT2D eigenvalue weighted by Gasteiger charge is 2.46. The predicted octanol–water partition coefficient (Wildman–Crippen LogP) is 3.37. The van der Waals surface area contributed by atoms with E-state index in [1.165, 1.54) is 5.01 Å². The van der Waals surface area contributed by atoms with Crippen molar-refractivity contribution in [1.82, 2.24) is 14.8 Å². The Morgan fingerprint density at radius 2 is 1.70 bits per heavy atom. The lowest BCUT2D eigenvalue weighted by Gasteiger charge is -2.40. The van der Waals surface area contributed by atoms with Crippen LogP contribution in [0.5, 0.6) is 0 Å². The zero-order valence-corrected chi connectivity index (χ0v) is 19.1. The van der Waals surface area contributed by atoms with Crippen LogP contribution in [0.4, 0.5) is 8.78 Å². The van der Waals surface area contributed by atoms with Crippen LogP contribution in [0, 0.1) is 11.6 Å². The van der Waals surface area contributed by atoms with E-state index >= 15 is 0 Å². The number of piperazine rings is 1. The maximum Gasteiger partial charge on any atom is 0.260 e. The first kappa shape index (κ1) is 23.0. The van der Waals surface area contributed by atoms with E-state index in [0.717, 1.165) is 23.8 Å².